The largest absolute Gasteiger partial charge is 0.329 e. The van der Waals surface area contributed by atoms with Crippen molar-refractivity contribution in [2.24, 2.45) is 12.8 Å². The van der Waals surface area contributed by atoms with Gasteiger partial charge in [-0.3, -0.25) is 4.68 Å². The summed E-state index contributed by atoms with van der Waals surface area (Å²) < 4.78 is 1.97. The highest BCUT2D eigenvalue weighted by Gasteiger charge is 2.14. The van der Waals surface area contributed by atoms with E-state index in [-0.39, 0.29) is 0 Å². The summed E-state index contributed by atoms with van der Waals surface area (Å²) in [5.74, 6) is 0. The molecule has 0 saturated carbocycles. The molecule has 1 aromatic rings. The van der Waals surface area contributed by atoms with E-state index in [1.54, 1.807) is 0 Å². The summed E-state index contributed by atoms with van der Waals surface area (Å²) in [5, 5.41) is 4.21. The van der Waals surface area contributed by atoms with E-state index in [2.05, 4.69) is 21.0 Å². The predicted molar refractivity (Wildman–Crippen MR) is 73.5 cm³/mol. The van der Waals surface area contributed by atoms with Crippen molar-refractivity contribution in [2.75, 3.05) is 45.8 Å². The second-order valence-electron chi connectivity index (χ2n) is 5.02. The van der Waals surface area contributed by atoms with Gasteiger partial charge in [0, 0.05) is 58.1 Å². The number of nitrogens with zero attached hydrogens (tertiary/aromatic N) is 4. The van der Waals surface area contributed by atoms with Gasteiger partial charge in [0.05, 0.1) is 0 Å². The van der Waals surface area contributed by atoms with Crippen LogP contribution in [0.3, 0.4) is 0 Å². The first-order chi connectivity index (χ1) is 8.79. The molecule has 1 fully saturated rings. The van der Waals surface area contributed by atoms with E-state index in [0.29, 0.717) is 0 Å². The maximum absolute atomic E-state index is 5.62. The monoisotopic (exact) mass is 251 g/mol. The van der Waals surface area contributed by atoms with Crippen molar-refractivity contribution in [3.8, 4) is 0 Å². The van der Waals surface area contributed by atoms with Crippen LogP contribution in [0.5, 0.6) is 0 Å². The molecule has 2 rings (SSSR count). The van der Waals surface area contributed by atoms with Gasteiger partial charge in [-0.25, -0.2) is 0 Å². The fraction of sp³-hybridized carbons (Fsp3) is 0.769. The first-order valence-electron chi connectivity index (χ1n) is 6.91. The lowest BCUT2D eigenvalue weighted by Gasteiger charge is -2.21. The minimum absolute atomic E-state index is 0.773. The molecule has 2 heterocycles. The van der Waals surface area contributed by atoms with Crippen molar-refractivity contribution in [3.63, 3.8) is 0 Å². The molecule has 1 aliphatic heterocycles. The first kappa shape index (κ1) is 13.5. The lowest BCUT2D eigenvalue weighted by molar-refractivity contribution is 0.261. The molecule has 0 aliphatic carbocycles. The van der Waals surface area contributed by atoms with E-state index in [1.165, 1.54) is 25.2 Å². The Balaban J connectivity index is 1.75. The predicted octanol–water partition coefficient (Wildman–Crippen LogP) is -0.0710. The van der Waals surface area contributed by atoms with Gasteiger partial charge in [-0.15, -0.1) is 0 Å². The number of hydrogen-bond acceptors (Lipinski definition) is 4. The second-order valence-corrected chi connectivity index (χ2v) is 5.02. The Labute approximate surface area is 110 Å². The summed E-state index contributed by atoms with van der Waals surface area (Å²) in [6.07, 6.45) is 4.22. The molecule has 0 radical (unpaired) electrons. The molecule has 102 valence electrons. The van der Waals surface area contributed by atoms with Gasteiger partial charge in [-0.2, -0.15) is 5.10 Å². The third-order valence-electron chi connectivity index (χ3n) is 3.73. The molecule has 1 saturated heterocycles. The van der Waals surface area contributed by atoms with E-state index in [9.17, 15) is 0 Å². The van der Waals surface area contributed by atoms with E-state index in [1.807, 2.05) is 17.9 Å². The van der Waals surface area contributed by atoms with Gasteiger partial charge in [0.25, 0.3) is 0 Å². The van der Waals surface area contributed by atoms with Crippen LogP contribution in [-0.4, -0.2) is 65.4 Å². The molecule has 5 heteroatoms. The Kier molecular flexibility index (Phi) is 5.16. The highest BCUT2D eigenvalue weighted by Crippen LogP contribution is 2.05. The Morgan fingerprint density at radius 3 is 2.50 bits per heavy atom. The van der Waals surface area contributed by atoms with Gasteiger partial charge in [0.1, 0.15) is 0 Å². The lowest BCUT2D eigenvalue weighted by atomic mass is 10.3. The smallest absolute Gasteiger partial charge is 0.0492 e. The molecule has 0 bridgehead atoms. The maximum atomic E-state index is 5.62. The zero-order chi connectivity index (χ0) is 12.8. The molecule has 2 N–H and O–H groups in total. The number of hydrogen-bond donors (Lipinski definition) is 1. The van der Waals surface area contributed by atoms with Gasteiger partial charge in [0.15, 0.2) is 0 Å². The number of nitrogens with two attached hydrogens (primary N) is 1. The lowest BCUT2D eigenvalue weighted by Crippen LogP contribution is -2.34. The van der Waals surface area contributed by atoms with E-state index >= 15 is 0 Å². The molecule has 0 atom stereocenters. The van der Waals surface area contributed by atoms with Gasteiger partial charge in [-0.1, -0.05) is 0 Å². The summed E-state index contributed by atoms with van der Waals surface area (Å²) in [6, 6.07) is 2.11. The van der Waals surface area contributed by atoms with Crippen LogP contribution in [-0.2, 0) is 13.5 Å². The fourth-order valence-electron chi connectivity index (χ4n) is 2.57. The van der Waals surface area contributed by atoms with Crippen molar-refractivity contribution >= 4 is 0 Å². The summed E-state index contributed by atoms with van der Waals surface area (Å²) >= 11 is 0. The van der Waals surface area contributed by atoms with Gasteiger partial charge in [-0.05, 0) is 25.6 Å². The van der Waals surface area contributed by atoms with Gasteiger partial charge < -0.3 is 15.5 Å². The third-order valence-corrected chi connectivity index (χ3v) is 3.73. The molecule has 1 aliphatic rings. The van der Waals surface area contributed by atoms with Crippen molar-refractivity contribution in [1.29, 1.82) is 0 Å². The van der Waals surface area contributed by atoms with Crippen LogP contribution in [0.4, 0.5) is 0 Å². The zero-order valence-corrected chi connectivity index (χ0v) is 11.4. The topological polar surface area (TPSA) is 50.3 Å². The highest BCUT2D eigenvalue weighted by atomic mass is 15.3. The van der Waals surface area contributed by atoms with Crippen LogP contribution in [0.2, 0.25) is 0 Å². The quantitative estimate of drug-likeness (QED) is 0.796. The molecule has 5 nitrogen and oxygen atoms in total. The van der Waals surface area contributed by atoms with Crippen molar-refractivity contribution < 1.29 is 0 Å². The summed E-state index contributed by atoms with van der Waals surface area (Å²) in [7, 11) is 2.01. The number of aryl methyl sites for hydroxylation is 1. The van der Waals surface area contributed by atoms with Gasteiger partial charge in [0.2, 0.25) is 0 Å². The first-order valence-corrected chi connectivity index (χ1v) is 6.91. The second kappa shape index (κ2) is 6.87. The third kappa shape index (κ3) is 3.80. The molecular weight excluding hydrogens is 226 g/mol. The summed E-state index contributed by atoms with van der Waals surface area (Å²) in [4.78, 5) is 5.04. The molecular formula is C13H25N5. The highest BCUT2D eigenvalue weighted by molar-refractivity contribution is 5.00. The summed E-state index contributed by atoms with van der Waals surface area (Å²) in [5.41, 5.74) is 6.94. The van der Waals surface area contributed by atoms with Crippen molar-refractivity contribution in [1.82, 2.24) is 19.6 Å². The van der Waals surface area contributed by atoms with Crippen molar-refractivity contribution in [2.45, 2.75) is 12.8 Å². The molecule has 0 spiro atoms. The normalized spacial score (nSPS) is 19.0. The average molecular weight is 251 g/mol. The van der Waals surface area contributed by atoms with E-state index in [0.717, 1.165) is 39.1 Å². The van der Waals surface area contributed by atoms with Crippen LogP contribution >= 0.6 is 0 Å². The SMILES string of the molecule is Cn1nccc1CCN1CCCN(CCN)CC1. The van der Waals surface area contributed by atoms with Crippen LogP contribution < -0.4 is 5.73 Å². The fourth-order valence-corrected chi connectivity index (χ4v) is 2.57. The molecule has 0 unspecified atom stereocenters. The summed E-state index contributed by atoms with van der Waals surface area (Å²) in [6.45, 7) is 7.67. The van der Waals surface area contributed by atoms with E-state index in [4.69, 9.17) is 5.73 Å². The standard InChI is InChI=1S/C13H25N5/c1-16-13(3-6-15-16)4-9-17-7-2-8-18(10-5-14)12-11-17/h3,6H,2,4-5,7-12,14H2,1H3. The minimum Gasteiger partial charge on any atom is -0.329 e. The minimum atomic E-state index is 0.773. The average Bonchev–Trinajstić information content (AvgIpc) is 2.63. The van der Waals surface area contributed by atoms with E-state index < -0.39 is 0 Å². The van der Waals surface area contributed by atoms with Crippen molar-refractivity contribution in [3.05, 3.63) is 18.0 Å². The molecule has 1 aromatic heterocycles. The van der Waals surface area contributed by atoms with Crippen LogP contribution in [0.15, 0.2) is 12.3 Å². The Morgan fingerprint density at radius 2 is 1.89 bits per heavy atom. The van der Waals surface area contributed by atoms with Crippen LogP contribution in [0.25, 0.3) is 0 Å². The Hall–Kier alpha value is -0.910. The molecule has 0 amide bonds. The Morgan fingerprint density at radius 1 is 1.17 bits per heavy atom. The van der Waals surface area contributed by atoms with Crippen LogP contribution in [0, 0.1) is 0 Å². The Bertz CT molecular complexity index is 349. The van der Waals surface area contributed by atoms with Gasteiger partial charge >= 0.3 is 0 Å². The van der Waals surface area contributed by atoms with Crippen LogP contribution in [0.1, 0.15) is 12.1 Å². The maximum Gasteiger partial charge on any atom is 0.0492 e. The molecule has 18 heavy (non-hydrogen) atoms. The number of aromatic nitrogens is 2. The zero-order valence-electron chi connectivity index (χ0n) is 11.4. The number of rotatable bonds is 5. The molecule has 0 aromatic carbocycles.